The number of rotatable bonds is 5. The van der Waals surface area contributed by atoms with E-state index in [4.69, 9.17) is 4.74 Å². The summed E-state index contributed by atoms with van der Waals surface area (Å²) in [4.78, 5) is 1.59. The Kier molecular flexibility index (Phi) is 6.75. The van der Waals surface area contributed by atoms with Crippen molar-refractivity contribution < 1.29 is 9.29 Å². The van der Waals surface area contributed by atoms with Crippen LogP contribution in [0.4, 0.5) is 0 Å². The summed E-state index contributed by atoms with van der Waals surface area (Å²) in [7, 11) is 1.70. The maximum Gasteiger partial charge on any atom is 0.166 e. The van der Waals surface area contributed by atoms with Crippen LogP contribution in [0.15, 0.2) is 93.1 Å². The first-order valence-electron chi connectivity index (χ1n) is 10.4. The van der Waals surface area contributed by atoms with Crippen LogP contribution >= 0.6 is 15.9 Å². The second-order valence-corrected chi connectivity index (χ2v) is 10.2. The van der Waals surface area contributed by atoms with E-state index in [1.807, 2.05) is 61.5 Å². The molecule has 32 heavy (non-hydrogen) atoms. The van der Waals surface area contributed by atoms with Crippen molar-refractivity contribution in [2.24, 2.45) is 0 Å². The van der Waals surface area contributed by atoms with E-state index in [1.54, 1.807) is 7.11 Å². The Hall–Kier alpha value is -2.53. The van der Waals surface area contributed by atoms with E-state index in [9.17, 15) is 4.55 Å². The molecule has 162 valence electrons. The summed E-state index contributed by atoms with van der Waals surface area (Å²) in [6, 6.07) is 26.2. The summed E-state index contributed by atoms with van der Waals surface area (Å²) in [6.07, 6.45) is 0. The average Bonchev–Trinajstić information content (AvgIpc) is 2.80. The molecule has 0 aliphatic rings. The largest absolute Gasteiger partial charge is 0.606 e. The second-order valence-electron chi connectivity index (χ2n) is 7.87. The van der Waals surface area contributed by atoms with Crippen molar-refractivity contribution in [1.29, 1.82) is 0 Å². The Labute approximate surface area is 201 Å². The fourth-order valence-corrected chi connectivity index (χ4v) is 5.53. The predicted octanol–water partition coefficient (Wildman–Crippen LogP) is 7.88. The SMILES string of the molecule is COc1ccc(C)c(-c2ccccc2[S+]([O-])c2ccc(C)cc2)c1-c1cc(Br)ccc1C. The molecular formula is C28H25BrO2S. The zero-order valence-electron chi connectivity index (χ0n) is 18.6. The van der Waals surface area contributed by atoms with E-state index in [1.165, 1.54) is 0 Å². The highest BCUT2D eigenvalue weighted by Gasteiger charge is 2.25. The molecule has 0 saturated heterocycles. The predicted molar refractivity (Wildman–Crippen MR) is 137 cm³/mol. The van der Waals surface area contributed by atoms with Gasteiger partial charge in [-0.25, -0.2) is 0 Å². The van der Waals surface area contributed by atoms with Crippen molar-refractivity contribution in [3.63, 3.8) is 0 Å². The molecule has 0 radical (unpaired) electrons. The Morgan fingerprint density at radius 2 is 1.44 bits per heavy atom. The number of aryl methyl sites for hydroxylation is 3. The lowest BCUT2D eigenvalue weighted by molar-refractivity contribution is 0.416. The molecule has 2 nitrogen and oxygen atoms in total. The number of benzene rings is 4. The van der Waals surface area contributed by atoms with Gasteiger partial charge in [0.25, 0.3) is 0 Å². The van der Waals surface area contributed by atoms with Gasteiger partial charge in [0.2, 0.25) is 0 Å². The highest BCUT2D eigenvalue weighted by atomic mass is 79.9. The molecule has 1 unspecified atom stereocenters. The molecule has 0 aliphatic heterocycles. The monoisotopic (exact) mass is 504 g/mol. The minimum atomic E-state index is -1.31. The molecule has 0 saturated carbocycles. The quantitative estimate of drug-likeness (QED) is 0.259. The average molecular weight is 505 g/mol. The zero-order chi connectivity index (χ0) is 22.8. The van der Waals surface area contributed by atoms with Crippen molar-refractivity contribution >= 4 is 27.1 Å². The van der Waals surface area contributed by atoms with Gasteiger partial charge in [-0.05, 0) is 79.9 Å². The van der Waals surface area contributed by atoms with Crippen LogP contribution in [-0.2, 0) is 11.2 Å². The van der Waals surface area contributed by atoms with E-state index < -0.39 is 11.2 Å². The summed E-state index contributed by atoms with van der Waals surface area (Å²) in [6.45, 7) is 6.23. The van der Waals surface area contributed by atoms with Crippen molar-refractivity contribution in [2.75, 3.05) is 7.11 Å². The first-order valence-corrected chi connectivity index (χ1v) is 12.4. The van der Waals surface area contributed by atoms with E-state index >= 15 is 0 Å². The lowest BCUT2D eigenvalue weighted by atomic mass is 9.88. The van der Waals surface area contributed by atoms with Crippen LogP contribution in [0.3, 0.4) is 0 Å². The minimum absolute atomic E-state index is 0.793. The Balaban J connectivity index is 2.00. The van der Waals surface area contributed by atoms with Gasteiger partial charge < -0.3 is 9.29 Å². The van der Waals surface area contributed by atoms with E-state index in [-0.39, 0.29) is 0 Å². The Morgan fingerprint density at radius 3 is 2.16 bits per heavy atom. The molecule has 4 heteroatoms. The van der Waals surface area contributed by atoms with Crippen molar-refractivity contribution in [1.82, 2.24) is 0 Å². The standard InChI is InChI=1S/C28H25BrO2S/c1-18-9-14-22(15-10-18)32(30)26-8-6-5-7-23(26)27-20(3)12-16-25(31-4)28(27)24-17-21(29)13-11-19(24)2/h5-17H,1-4H3. The molecule has 0 amide bonds. The van der Waals surface area contributed by atoms with Gasteiger partial charge in [-0.1, -0.05) is 57.9 Å². The third-order valence-electron chi connectivity index (χ3n) is 5.66. The first-order chi connectivity index (χ1) is 15.4. The maximum atomic E-state index is 13.7. The fraction of sp³-hybridized carbons (Fsp3) is 0.143. The molecule has 4 rings (SSSR count). The van der Waals surface area contributed by atoms with Gasteiger partial charge >= 0.3 is 0 Å². The highest BCUT2D eigenvalue weighted by Crippen LogP contribution is 2.45. The van der Waals surface area contributed by atoms with Gasteiger partial charge in [-0.2, -0.15) is 0 Å². The molecule has 0 fully saturated rings. The van der Waals surface area contributed by atoms with Gasteiger partial charge in [0, 0.05) is 32.3 Å². The molecule has 4 aromatic carbocycles. The van der Waals surface area contributed by atoms with Gasteiger partial charge in [0.15, 0.2) is 9.79 Å². The van der Waals surface area contributed by atoms with Crippen molar-refractivity contribution in [3.8, 4) is 28.0 Å². The Morgan fingerprint density at radius 1 is 0.750 bits per heavy atom. The minimum Gasteiger partial charge on any atom is -0.606 e. The fourth-order valence-electron chi connectivity index (χ4n) is 3.96. The van der Waals surface area contributed by atoms with Crippen LogP contribution in [0.1, 0.15) is 16.7 Å². The van der Waals surface area contributed by atoms with Crippen LogP contribution in [0.25, 0.3) is 22.3 Å². The molecule has 0 aromatic heterocycles. The first kappa shape index (κ1) is 22.7. The third-order valence-corrected chi connectivity index (χ3v) is 7.60. The van der Waals surface area contributed by atoms with Crippen LogP contribution in [0.2, 0.25) is 0 Å². The van der Waals surface area contributed by atoms with Gasteiger partial charge in [0.05, 0.1) is 7.11 Å². The molecule has 0 aliphatic carbocycles. The highest BCUT2D eigenvalue weighted by molar-refractivity contribution is 9.10. The van der Waals surface area contributed by atoms with Crippen LogP contribution < -0.4 is 4.74 Å². The summed E-state index contributed by atoms with van der Waals surface area (Å²) < 4.78 is 20.5. The summed E-state index contributed by atoms with van der Waals surface area (Å²) in [5.74, 6) is 0.794. The van der Waals surface area contributed by atoms with Gasteiger partial charge in [-0.3, -0.25) is 0 Å². The topological polar surface area (TPSA) is 32.3 Å². The second kappa shape index (κ2) is 9.53. The number of hydrogen-bond acceptors (Lipinski definition) is 2. The van der Waals surface area contributed by atoms with Gasteiger partial charge in [0.1, 0.15) is 5.75 Å². The van der Waals surface area contributed by atoms with Crippen LogP contribution in [-0.4, -0.2) is 11.7 Å². The molecular weight excluding hydrogens is 480 g/mol. The van der Waals surface area contributed by atoms with Gasteiger partial charge in [-0.15, -0.1) is 0 Å². The molecule has 1 atom stereocenters. The smallest absolute Gasteiger partial charge is 0.166 e. The zero-order valence-corrected chi connectivity index (χ0v) is 21.0. The Bertz CT molecular complexity index is 1270. The van der Waals surface area contributed by atoms with Crippen molar-refractivity contribution in [2.45, 2.75) is 30.6 Å². The number of methoxy groups -OCH3 is 1. The van der Waals surface area contributed by atoms with E-state index in [0.717, 1.165) is 59.0 Å². The summed E-state index contributed by atoms with van der Waals surface area (Å²) >= 11 is 2.32. The third kappa shape index (κ3) is 4.36. The van der Waals surface area contributed by atoms with Crippen LogP contribution in [0.5, 0.6) is 5.75 Å². The molecule has 0 spiro atoms. The lowest BCUT2D eigenvalue weighted by Gasteiger charge is -2.21. The lowest BCUT2D eigenvalue weighted by Crippen LogP contribution is -2.05. The number of halogens is 1. The summed E-state index contributed by atoms with van der Waals surface area (Å²) in [5, 5.41) is 0. The molecule has 0 heterocycles. The summed E-state index contributed by atoms with van der Waals surface area (Å²) in [5.41, 5.74) is 7.50. The molecule has 0 bridgehead atoms. The van der Waals surface area contributed by atoms with E-state index in [2.05, 4.69) is 54.0 Å². The number of hydrogen-bond donors (Lipinski definition) is 0. The van der Waals surface area contributed by atoms with E-state index in [0.29, 0.717) is 0 Å². The molecule has 0 N–H and O–H groups in total. The normalized spacial score (nSPS) is 11.9. The van der Waals surface area contributed by atoms with Crippen LogP contribution in [0, 0.1) is 20.8 Å². The maximum absolute atomic E-state index is 13.7. The molecule has 4 aromatic rings. The number of ether oxygens (including phenoxy) is 1. The van der Waals surface area contributed by atoms with Crippen molar-refractivity contribution in [3.05, 3.63) is 100 Å².